The Labute approximate surface area is 112 Å². The summed E-state index contributed by atoms with van der Waals surface area (Å²) in [4.78, 5) is 0.397. The molecule has 12 heteroatoms. The molecule has 0 heterocycles. The zero-order chi connectivity index (χ0) is 15.0. The maximum atomic E-state index is 11.2. The number of benzene rings is 1. The van der Waals surface area contributed by atoms with Gasteiger partial charge in [-0.3, -0.25) is 9.11 Å². The fraction of sp³-hybridized carbons (Fsp3) is 0.143. The van der Waals surface area contributed by atoms with Gasteiger partial charge in [-0.2, -0.15) is 16.8 Å². The summed E-state index contributed by atoms with van der Waals surface area (Å²) in [6.07, 6.45) is 0. The van der Waals surface area contributed by atoms with Crippen molar-refractivity contribution in [2.24, 2.45) is 0 Å². The summed E-state index contributed by atoms with van der Waals surface area (Å²) >= 11 is 5.51. The lowest BCUT2D eigenvalue weighted by atomic mass is 10.3. The largest absolute Gasteiger partial charge is 0.488 e. The highest BCUT2D eigenvalue weighted by Gasteiger charge is 2.35. The minimum absolute atomic E-state index is 0.575. The average Bonchev–Trinajstić information content (AvgIpc) is 2.24. The molecule has 0 aliphatic heterocycles. The van der Waals surface area contributed by atoms with Crippen molar-refractivity contribution in [3.63, 3.8) is 0 Å². The summed E-state index contributed by atoms with van der Waals surface area (Å²) in [5, 5.41) is 7.68. The molecule has 0 saturated carbocycles. The summed E-state index contributed by atoms with van der Waals surface area (Å²) in [5.41, 5.74) is -0.660. The molecule has 1 aromatic carbocycles. The lowest BCUT2D eigenvalue weighted by Crippen LogP contribution is -2.07. The zero-order valence-corrected chi connectivity index (χ0v) is 11.5. The Bertz CT molecular complexity index is 779. The van der Waals surface area contributed by atoms with Crippen LogP contribution in [-0.4, -0.2) is 33.1 Å². The van der Waals surface area contributed by atoms with Gasteiger partial charge in [0, 0.05) is 0 Å². The number of rotatable bonds is 3. The molecule has 0 aliphatic rings. The SMILES string of the molecule is COc1c([N+]#N)cc(S(=O)(=O)O)c(Cl)c1S(=O)(=O)O. The van der Waals surface area contributed by atoms with E-state index in [9.17, 15) is 16.8 Å². The first kappa shape index (κ1) is 15.6. The van der Waals surface area contributed by atoms with E-state index in [1.807, 2.05) is 0 Å². The predicted octanol–water partition coefficient (Wildman–Crippen LogP) is 1.33. The van der Waals surface area contributed by atoms with E-state index in [0.717, 1.165) is 7.11 Å². The van der Waals surface area contributed by atoms with E-state index in [1.54, 1.807) is 0 Å². The highest BCUT2D eigenvalue weighted by atomic mass is 35.5. The highest BCUT2D eigenvalue weighted by Crippen LogP contribution is 2.43. The average molecular weight is 330 g/mol. The number of methoxy groups -OCH3 is 1. The predicted molar refractivity (Wildman–Crippen MR) is 62.4 cm³/mol. The normalized spacial score (nSPS) is 11.9. The van der Waals surface area contributed by atoms with Crippen molar-refractivity contribution in [2.75, 3.05) is 7.11 Å². The monoisotopic (exact) mass is 329 g/mol. The maximum absolute atomic E-state index is 11.2. The molecule has 104 valence electrons. The van der Waals surface area contributed by atoms with Gasteiger partial charge in [0.15, 0.2) is 9.87 Å². The Morgan fingerprint density at radius 3 is 2.11 bits per heavy atom. The molecule has 0 bridgehead atoms. The topological polar surface area (TPSA) is 146 Å². The van der Waals surface area contributed by atoms with Crippen LogP contribution in [0, 0.1) is 5.39 Å². The molecule has 0 fully saturated rings. The highest BCUT2D eigenvalue weighted by molar-refractivity contribution is 7.87. The van der Waals surface area contributed by atoms with Crippen molar-refractivity contribution < 1.29 is 30.7 Å². The standard InChI is InChI=1S/C7H5ClN2O7S2/c1-17-6-3(10-9)2-4(18(11,12)13)5(8)7(6)19(14,15)16/h2H,1H3,(H-,11,12,13,14,15,16)/p+1. The molecular weight excluding hydrogens is 324 g/mol. The molecule has 0 aromatic heterocycles. The lowest BCUT2D eigenvalue weighted by Gasteiger charge is -2.08. The molecule has 0 atom stereocenters. The number of hydrogen-bond donors (Lipinski definition) is 2. The molecule has 2 N–H and O–H groups in total. The summed E-state index contributed by atoms with van der Waals surface area (Å²) < 4.78 is 66.9. The Morgan fingerprint density at radius 1 is 1.26 bits per heavy atom. The number of ether oxygens (including phenoxy) is 1. The Morgan fingerprint density at radius 2 is 1.79 bits per heavy atom. The van der Waals surface area contributed by atoms with Crippen LogP contribution in [-0.2, 0) is 20.2 Å². The minimum Gasteiger partial charge on any atom is -0.488 e. The summed E-state index contributed by atoms with van der Waals surface area (Å²) in [6, 6.07) is 0.575. The molecule has 19 heavy (non-hydrogen) atoms. The van der Waals surface area contributed by atoms with Crippen molar-refractivity contribution >= 4 is 37.5 Å². The fourth-order valence-electron chi connectivity index (χ4n) is 1.27. The van der Waals surface area contributed by atoms with Crippen LogP contribution in [0.5, 0.6) is 5.75 Å². The van der Waals surface area contributed by atoms with Gasteiger partial charge >= 0.3 is 5.69 Å². The first-order chi connectivity index (χ1) is 8.54. The van der Waals surface area contributed by atoms with Crippen LogP contribution in [0.4, 0.5) is 5.69 Å². The van der Waals surface area contributed by atoms with Gasteiger partial charge in [0.2, 0.25) is 11.1 Å². The smallest absolute Gasteiger partial charge is 0.429 e. The molecule has 0 amide bonds. The van der Waals surface area contributed by atoms with Gasteiger partial charge in [-0.15, -0.1) is 0 Å². The number of hydrogen-bond acceptors (Lipinski definition) is 6. The van der Waals surface area contributed by atoms with Crippen molar-refractivity contribution in [1.29, 1.82) is 5.39 Å². The van der Waals surface area contributed by atoms with Crippen LogP contribution in [0.3, 0.4) is 0 Å². The molecule has 0 unspecified atom stereocenters. The third-order valence-corrected chi connectivity index (χ3v) is 4.37. The Kier molecular flexibility index (Phi) is 4.03. The summed E-state index contributed by atoms with van der Waals surface area (Å²) in [7, 11) is -8.93. The first-order valence-electron chi connectivity index (χ1n) is 4.24. The number of nitrogens with zero attached hydrogens (tertiary/aromatic N) is 2. The lowest BCUT2D eigenvalue weighted by molar-refractivity contribution is 0.399. The van der Waals surface area contributed by atoms with Crippen molar-refractivity contribution in [3.8, 4) is 5.75 Å². The van der Waals surface area contributed by atoms with Gasteiger partial charge in [-0.1, -0.05) is 11.6 Å². The first-order valence-corrected chi connectivity index (χ1v) is 7.50. The second-order valence-electron chi connectivity index (χ2n) is 3.12. The second kappa shape index (κ2) is 4.91. The number of halogens is 1. The van der Waals surface area contributed by atoms with E-state index in [0.29, 0.717) is 6.07 Å². The van der Waals surface area contributed by atoms with E-state index in [2.05, 4.69) is 9.71 Å². The molecule has 1 rings (SSSR count). The van der Waals surface area contributed by atoms with E-state index in [-0.39, 0.29) is 0 Å². The molecule has 1 aromatic rings. The zero-order valence-electron chi connectivity index (χ0n) is 9.10. The minimum atomic E-state index is -5.00. The van der Waals surface area contributed by atoms with Crippen molar-refractivity contribution in [1.82, 2.24) is 0 Å². The maximum Gasteiger partial charge on any atom is 0.429 e. The van der Waals surface area contributed by atoms with Gasteiger partial charge in [-0.05, 0) is 0 Å². The molecule has 9 nitrogen and oxygen atoms in total. The molecule has 0 saturated heterocycles. The second-order valence-corrected chi connectivity index (χ2v) is 6.25. The van der Waals surface area contributed by atoms with Crippen molar-refractivity contribution in [2.45, 2.75) is 9.79 Å². The van der Waals surface area contributed by atoms with Crippen molar-refractivity contribution in [3.05, 3.63) is 16.1 Å². The molecule has 0 radical (unpaired) electrons. The van der Waals surface area contributed by atoms with Gasteiger partial charge in [0.1, 0.15) is 4.90 Å². The van der Waals surface area contributed by atoms with Gasteiger partial charge < -0.3 is 4.74 Å². The number of diazo groups is 1. The molecular formula is C7H6ClN2O7S2+. The van der Waals surface area contributed by atoms with Crippen LogP contribution in [0.1, 0.15) is 0 Å². The van der Waals surface area contributed by atoms with E-state index < -0.39 is 46.5 Å². The van der Waals surface area contributed by atoms with E-state index >= 15 is 0 Å². The van der Waals surface area contributed by atoms with Crippen LogP contribution >= 0.6 is 11.6 Å². The molecule has 0 spiro atoms. The van der Waals surface area contributed by atoms with Crippen LogP contribution in [0.15, 0.2) is 15.9 Å². The molecule has 0 aliphatic carbocycles. The Hall–Kier alpha value is -1.45. The Balaban J connectivity index is 4.06. The summed E-state index contributed by atoms with van der Waals surface area (Å²) in [6.45, 7) is 0. The quantitative estimate of drug-likeness (QED) is 0.623. The van der Waals surface area contributed by atoms with Crippen LogP contribution in [0.25, 0.3) is 4.98 Å². The van der Waals surface area contributed by atoms with Crippen LogP contribution < -0.4 is 4.74 Å². The van der Waals surface area contributed by atoms with Gasteiger partial charge in [-0.25, -0.2) is 0 Å². The summed E-state index contributed by atoms with van der Waals surface area (Å²) in [5.74, 6) is -0.678. The van der Waals surface area contributed by atoms with Gasteiger partial charge in [0.05, 0.1) is 18.2 Å². The van der Waals surface area contributed by atoms with E-state index in [1.165, 1.54) is 0 Å². The van der Waals surface area contributed by atoms with Crippen LogP contribution in [0.2, 0.25) is 5.02 Å². The van der Waals surface area contributed by atoms with E-state index in [4.69, 9.17) is 26.1 Å². The third kappa shape index (κ3) is 2.94. The van der Waals surface area contributed by atoms with Gasteiger partial charge in [0.25, 0.3) is 20.2 Å². The third-order valence-electron chi connectivity index (χ3n) is 1.97. The fourth-order valence-corrected chi connectivity index (χ4v) is 3.41.